The van der Waals surface area contributed by atoms with Crippen molar-refractivity contribution in [2.45, 2.75) is 19.4 Å². The van der Waals surface area contributed by atoms with Crippen molar-refractivity contribution < 1.29 is 0 Å². The van der Waals surface area contributed by atoms with Crippen LogP contribution < -0.4 is 5.32 Å². The maximum atomic E-state index is 4.76. The Balaban J connectivity index is 1.89. The highest BCUT2D eigenvalue weighted by atomic mass is 79.9. The molecule has 2 nitrogen and oxygen atoms in total. The largest absolute Gasteiger partial charge is 0.311 e. The summed E-state index contributed by atoms with van der Waals surface area (Å²) in [5, 5.41) is 4.56. The number of nitrogens with one attached hydrogen (secondary N) is 1. The fourth-order valence-electron chi connectivity index (χ4n) is 2.17. The molecule has 3 rings (SSSR count). The molecule has 0 aliphatic carbocycles. The lowest BCUT2D eigenvalue weighted by Gasteiger charge is -2.11. The molecule has 0 spiro atoms. The number of thiophene rings is 1. The normalized spacial score (nSPS) is 12.9. The second-order valence-electron chi connectivity index (χ2n) is 4.68. The smallest absolute Gasteiger partial charge is 0.111 e. The van der Waals surface area contributed by atoms with Gasteiger partial charge in [-0.15, -0.1) is 22.7 Å². The first-order valence-electron chi connectivity index (χ1n) is 6.45. The van der Waals surface area contributed by atoms with Crippen LogP contribution in [0.25, 0.3) is 10.2 Å². The Hall–Kier alpha value is -0.750. The van der Waals surface area contributed by atoms with Gasteiger partial charge in [0.1, 0.15) is 5.01 Å². The van der Waals surface area contributed by atoms with Gasteiger partial charge in [-0.3, -0.25) is 0 Å². The summed E-state index contributed by atoms with van der Waals surface area (Å²) in [7, 11) is 2.01. The maximum Gasteiger partial charge on any atom is 0.111 e. The van der Waals surface area contributed by atoms with Crippen LogP contribution >= 0.6 is 38.6 Å². The molecule has 0 saturated heterocycles. The van der Waals surface area contributed by atoms with Crippen molar-refractivity contribution in [2.24, 2.45) is 0 Å². The summed E-state index contributed by atoms with van der Waals surface area (Å²) in [6, 6.07) is 10.8. The molecule has 0 saturated carbocycles. The standard InChI is InChI=1S/C15H15BrN2S2/c1-9-11(16)7-10(19-9)8-13(17-2)15-18-12-5-3-4-6-14(12)20-15/h3-7,13,17H,8H2,1-2H3. The molecule has 1 unspecified atom stereocenters. The van der Waals surface area contributed by atoms with Gasteiger partial charge in [-0.25, -0.2) is 4.98 Å². The van der Waals surface area contributed by atoms with Crippen LogP contribution in [-0.2, 0) is 6.42 Å². The number of aromatic nitrogens is 1. The maximum absolute atomic E-state index is 4.76. The molecule has 104 valence electrons. The molecule has 0 radical (unpaired) electrons. The van der Waals surface area contributed by atoms with E-state index in [1.54, 1.807) is 11.3 Å². The first-order valence-corrected chi connectivity index (χ1v) is 8.87. The highest BCUT2D eigenvalue weighted by Crippen LogP contribution is 2.32. The molecular formula is C15H15BrN2S2. The predicted molar refractivity (Wildman–Crippen MR) is 91.9 cm³/mol. The van der Waals surface area contributed by atoms with Crippen molar-refractivity contribution in [3.05, 3.63) is 49.6 Å². The average molecular weight is 367 g/mol. The van der Waals surface area contributed by atoms with Crippen LogP contribution in [0.5, 0.6) is 0 Å². The van der Waals surface area contributed by atoms with Gasteiger partial charge in [0.05, 0.1) is 16.3 Å². The van der Waals surface area contributed by atoms with Gasteiger partial charge in [0, 0.05) is 20.6 Å². The molecule has 0 bridgehead atoms. The van der Waals surface area contributed by atoms with Crippen LogP contribution in [0.1, 0.15) is 20.8 Å². The van der Waals surface area contributed by atoms with Gasteiger partial charge in [-0.1, -0.05) is 12.1 Å². The van der Waals surface area contributed by atoms with Gasteiger partial charge in [0.25, 0.3) is 0 Å². The number of rotatable bonds is 4. The minimum Gasteiger partial charge on any atom is -0.311 e. The molecule has 1 atom stereocenters. The Morgan fingerprint density at radius 2 is 2.10 bits per heavy atom. The Morgan fingerprint density at radius 3 is 2.75 bits per heavy atom. The Labute approximate surface area is 135 Å². The molecule has 0 amide bonds. The van der Waals surface area contributed by atoms with Crippen LogP contribution in [0.3, 0.4) is 0 Å². The minimum atomic E-state index is 0.275. The summed E-state index contributed by atoms with van der Waals surface area (Å²) in [4.78, 5) is 7.47. The van der Waals surface area contributed by atoms with Crippen LogP contribution in [0.4, 0.5) is 0 Å². The van der Waals surface area contributed by atoms with Crippen molar-refractivity contribution >= 4 is 48.8 Å². The fourth-order valence-corrected chi connectivity index (χ4v) is 4.90. The van der Waals surface area contributed by atoms with Crippen molar-refractivity contribution in [3.8, 4) is 0 Å². The van der Waals surface area contributed by atoms with Gasteiger partial charge in [0.15, 0.2) is 0 Å². The zero-order chi connectivity index (χ0) is 14.1. The van der Waals surface area contributed by atoms with E-state index in [9.17, 15) is 0 Å². The quantitative estimate of drug-likeness (QED) is 0.707. The number of fused-ring (bicyclic) bond motifs is 1. The molecule has 20 heavy (non-hydrogen) atoms. The van der Waals surface area contributed by atoms with Gasteiger partial charge >= 0.3 is 0 Å². The summed E-state index contributed by atoms with van der Waals surface area (Å²) in [6.07, 6.45) is 0.980. The summed E-state index contributed by atoms with van der Waals surface area (Å²) in [5.41, 5.74) is 1.09. The molecule has 0 aliphatic heterocycles. The highest BCUT2D eigenvalue weighted by molar-refractivity contribution is 9.10. The van der Waals surface area contributed by atoms with E-state index in [4.69, 9.17) is 4.98 Å². The summed E-state index contributed by atoms with van der Waals surface area (Å²) in [6.45, 7) is 2.14. The number of halogens is 1. The van der Waals surface area contributed by atoms with Gasteiger partial charge in [0.2, 0.25) is 0 Å². The van der Waals surface area contributed by atoms with Gasteiger partial charge in [-0.05, 0) is 48.1 Å². The molecule has 3 aromatic rings. The number of likely N-dealkylation sites (N-methyl/N-ethyl adjacent to an activating group) is 1. The molecule has 2 aromatic heterocycles. The summed E-state index contributed by atoms with van der Waals surface area (Å²) >= 11 is 7.22. The van der Waals surface area contributed by atoms with E-state index in [-0.39, 0.29) is 6.04 Å². The zero-order valence-corrected chi connectivity index (χ0v) is 14.5. The third-order valence-corrected chi connectivity index (χ3v) is 6.58. The number of para-hydroxylation sites is 1. The minimum absolute atomic E-state index is 0.275. The van der Waals surface area contributed by atoms with Crippen LogP contribution in [-0.4, -0.2) is 12.0 Å². The molecule has 0 fully saturated rings. The van der Waals surface area contributed by atoms with E-state index in [0.29, 0.717) is 0 Å². The van der Waals surface area contributed by atoms with Crippen LogP contribution in [0, 0.1) is 6.92 Å². The van der Waals surface area contributed by atoms with Crippen molar-refractivity contribution in [3.63, 3.8) is 0 Å². The van der Waals surface area contributed by atoms with Crippen molar-refractivity contribution in [1.82, 2.24) is 10.3 Å². The van der Waals surface area contributed by atoms with Crippen LogP contribution in [0.2, 0.25) is 0 Å². The Bertz CT molecular complexity index is 680. The lowest BCUT2D eigenvalue weighted by molar-refractivity contribution is 0.594. The number of nitrogens with zero attached hydrogens (tertiary/aromatic N) is 1. The summed E-state index contributed by atoms with van der Waals surface area (Å²) < 4.78 is 2.46. The van der Waals surface area contributed by atoms with Crippen molar-refractivity contribution in [2.75, 3.05) is 7.05 Å². The van der Waals surface area contributed by atoms with E-state index in [2.05, 4.69) is 52.4 Å². The average Bonchev–Trinajstić information content (AvgIpc) is 3.00. The number of hydrogen-bond acceptors (Lipinski definition) is 4. The third-order valence-electron chi connectivity index (χ3n) is 3.27. The molecule has 0 aliphatic rings. The van der Waals surface area contributed by atoms with E-state index >= 15 is 0 Å². The molecule has 1 aromatic carbocycles. The lowest BCUT2D eigenvalue weighted by Crippen LogP contribution is -2.18. The molecular weight excluding hydrogens is 352 g/mol. The number of hydrogen-bond donors (Lipinski definition) is 1. The molecule has 2 heterocycles. The fraction of sp³-hybridized carbons (Fsp3) is 0.267. The van der Waals surface area contributed by atoms with Crippen LogP contribution in [0.15, 0.2) is 34.8 Å². The molecule has 1 N–H and O–H groups in total. The van der Waals surface area contributed by atoms with E-state index < -0.39 is 0 Å². The molecule has 5 heteroatoms. The first-order chi connectivity index (χ1) is 9.67. The lowest BCUT2D eigenvalue weighted by atomic mass is 10.2. The Kier molecular flexibility index (Phi) is 4.21. The Morgan fingerprint density at radius 1 is 1.30 bits per heavy atom. The topological polar surface area (TPSA) is 24.9 Å². The number of thiazole rings is 1. The van der Waals surface area contributed by atoms with E-state index in [1.165, 1.54) is 18.9 Å². The van der Waals surface area contributed by atoms with Crippen molar-refractivity contribution in [1.29, 1.82) is 0 Å². The highest BCUT2D eigenvalue weighted by Gasteiger charge is 2.16. The summed E-state index contributed by atoms with van der Waals surface area (Å²) in [5.74, 6) is 0. The van der Waals surface area contributed by atoms with Gasteiger partial charge in [-0.2, -0.15) is 0 Å². The zero-order valence-electron chi connectivity index (χ0n) is 11.3. The first kappa shape index (κ1) is 14.2. The van der Waals surface area contributed by atoms with E-state index in [0.717, 1.165) is 16.9 Å². The number of benzene rings is 1. The predicted octanol–water partition coefficient (Wildman–Crippen LogP) is 4.93. The van der Waals surface area contributed by atoms with E-state index in [1.807, 2.05) is 24.5 Å². The second kappa shape index (κ2) is 5.93. The monoisotopic (exact) mass is 366 g/mol. The third kappa shape index (κ3) is 2.81. The second-order valence-corrected chi connectivity index (χ2v) is 7.94. The number of aryl methyl sites for hydroxylation is 1. The SMILES string of the molecule is CNC(Cc1cc(Br)c(C)s1)c1nc2ccccc2s1. The van der Waals surface area contributed by atoms with Gasteiger partial charge < -0.3 is 5.32 Å².